The first kappa shape index (κ1) is 18.4. The summed E-state index contributed by atoms with van der Waals surface area (Å²) in [6.07, 6.45) is 1.41. The summed E-state index contributed by atoms with van der Waals surface area (Å²) in [5.41, 5.74) is 1.94. The minimum absolute atomic E-state index is 0.101. The van der Waals surface area contributed by atoms with Gasteiger partial charge in [-0.25, -0.2) is 0 Å². The van der Waals surface area contributed by atoms with Gasteiger partial charge in [0.1, 0.15) is 5.75 Å². The lowest BCUT2D eigenvalue weighted by molar-refractivity contribution is -0.118. The number of nitrogens with zero attached hydrogens (tertiary/aromatic N) is 1. The number of carbonyl (C=O) groups is 3. The minimum Gasteiger partial charge on any atom is -0.484 e. The highest BCUT2D eigenvalue weighted by Gasteiger charge is 2.21. The van der Waals surface area contributed by atoms with Gasteiger partial charge in [0.05, 0.1) is 0 Å². The Labute approximate surface area is 157 Å². The summed E-state index contributed by atoms with van der Waals surface area (Å²) in [6, 6.07) is 14.0. The van der Waals surface area contributed by atoms with E-state index < -0.39 is 0 Å². The molecule has 27 heavy (non-hydrogen) atoms. The molecule has 0 aliphatic carbocycles. The van der Waals surface area contributed by atoms with Crippen molar-refractivity contribution in [1.82, 2.24) is 0 Å². The first-order valence-corrected chi connectivity index (χ1v) is 8.72. The monoisotopic (exact) mass is 367 g/mol. The lowest BCUT2D eigenvalue weighted by atomic mass is 10.2. The van der Waals surface area contributed by atoms with Gasteiger partial charge >= 0.3 is 0 Å². The minimum atomic E-state index is -0.322. The van der Waals surface area contributed by atoms with Crippen LogP contribution in [0.2, 0.25) is 0 Å². The van der Waals surface area contributed by atoms with E-state index in [1.54, 1.807) is 47.4 Å². The molecule has 1 aliphatic rings. The van der Waals surface area contributed by atoms with E-state index in [9.17, 15) is 14.4 Å². The van der Waals surface area contributed by atoms with Crippen LogP contribution < -0.4 is 20.3 Å². The van der Waals surface area contributed by atoms with Gasteiger partial charge < -0.3 is 20.3 Å². The van der Waals surface area contributed by atoms with E-state index in [0.29, 0.717) is 30.1 Å². The summed E-state index contributed by atoms with van der Waals surface area (Å²) in [7, 11) is 0. The Morgan fingerprint density at radius 1 is 1.07 bits per heavy atom. The molecule has 0 bridgehead atoms. The summed E-state index contributed by atoms with van der Waals surface area (Å²) in [6.45, 7) is 1.96. The molecule has 1 fully saturated rings. The Balaban J connectivity index is 1.56. The summed E-state index contributed by atoms with van der Waals surface area (Å²) in [5.74, 6) is 0.120. The zero-order valence-electron chi connectivity index (χ0n) is 15.0. The predicted octanol–water partition coefficient (Wildman–Crippen LogP) is 2.79. The van der Waals surface area contributed by atoms with Gasteiger partial charge in [-0.2, -0.15) is 0 Å². The van der Waals surface area contributed by atoms with Gasteiger partial charge in [-0.3, -0.25) is 14.4 Å². The number of anilines is 3. The van der Waals surface area contributed by atoms with E-state index in [-0.39, 0.29) is 24.3 Å². The van der Waals surface area contributed by atoms with Crippen LogP contribution in [-0.4, -0.2) is 30.9 Å². The van der Waals surface area contributed by atoms with Crippen molar-refractivity contribution in [2.75, 3.05) is 28.7 Å². The number of carbonyl (C=O) groups excluding carboxylic acids is 3. The van der Waals surface area contributed by atoms with Crippen LogP contribution in [0.25, 0.3) is 0 Å². The van der Waals surface area contributed by atoms with E-state index in [4.69, 9.17) is 4.74 Å². The third-order valence-electron chi connectivity index (χ3n) is 4.04. The zero-order valence-corrected chi connectivity index (χ0v) is 15.0. The number of ether oxygens (including phenoxy) is 1. The Kier molecular flexibility index (Phi) is 5.71. The molecule has 2 aromatic carbocycles. The molecule has 1 saturated heterocycles. The van der Waals surface area contributed by atoms with Crippen LogP contribution in [0.3, 0.4) is 0 Å². The Morgan fingerprint density at radius 2 is 1.81 bits per heavy atom. The van der Waals surface area contributed by atoms with Crippen molar-refractivity contribution >= 4 is 34.8 Å². The second-order valence-corrected chi connectivity index (χ2v) is 6.25. The smallest absolute Gasteiger partial charge is 0.262 e. The van der Waals surface area contributed by atoms with Gasteiger partial charge in [0.2, 0.25) is 11.8 Å². The van der Waals surface area contributed by atoms with Crippen molar-refractivity contribution < 1.29 is 19.1 Å². The quantitative estimate of drug-likeness (QED) is 0.822. The molecule has 0 radical (unpaired) electrons. The van der Waals surface area contributed by atoms with Gasteiger partial charge in [0, 0.05) is 43.0 Å². The molecule has 0 unspecified atom stereocenters. The molecule has 0 atom stereocenters. The van der Waals surface area contributed by atoms with E-state index in [1.807, 2.05) is 6.07 Å². The molecule has 3 rings (SSSR count). The number of benzene rings is 2. The molecular formula is C20H21N3O4. The van der Waals surface area contributed by atoms with E-state index in [2.05, 4.69) is 10.6 Å². The highest BCUT2D eigenvalue weighted by Crippen LogP contribution is 2.25. The summed E-state index contributed by atoms with van der Waals surface area (Å²) < 4.78 is 5.55. The van der Waals surface area contributed by atoms with E-state index in [1.165, 1.54) is 6.92 Å². The van der Waals surface area contributed by atoms with Gasteiger partial charge in [0.15, 0.2) is 6.61 Å². The normalized spacial score (nSPS) is 13.4. The van der Waals surface area contributed by atoms with Crippen LogP contribution in [0.15, 0.2) is 48.5 Å². The Morgan fingerprint density at radius 3 is 2.52 bits per heavy atom. The van der Waals surface area contributed by atoms with Crippen LogP contribution in [0, 0.1) is 0 Å². The molecule has 0 saturated carbocycles. The molecule has 7 nitrogen and oxygen atoms in total. The maximum absolute atomic E-state index is 12.1. The average Bonchev–Trinajstić information content (AvgIpc) is 3.06. The SMILES string of the molecule is CC(=O)Nc1cccc(NC(=O)COc2cccc(N3CCCC3=O)c2)c1. The molecule has 2 N–H and O–H groups in total. The standard InChI is InChI=1S/C20H21N3O4/c1-14(24)21-15-5-2-6-16(11-15)22-19(25)13-27-18-8-3-7-17(12-18)23-10-4-9-20(23)26/h2-3,5-8,11-12H,4,9-10,13H2,1H3,(H,21,24)(H,22,25). The van der Waals surface area contributed by atoms with Crippen LogP contribution in [0.4, 0.5) is 17.1 Å². The van der Waals surface area contributed by atoms with Gasteiger partial charge in [-0.05, 0) is 36.8 Å². The second-order valence-electron chi connectivity index (χ2n) is 6.25. The molecular weight excluding hydrogens is 346 g/mol. The summed E-state index contributed by atoms with van der Waals surface area (Å²) >= 11 is 0. The Hall–Kier alpha value is -3.35. The van der Waals surface area contributed by atoms with Crippen LogP contribution in [0.5, 0.6) is 5.75 Å². The van der Waals surface area contributed by atoms with Crippen LogP contribution in [-0.2, 0) is 14.4 Å². The van der Waals surface area contributed by atoms with Crippen molar-refractivity contribution in [3.63, 3.8) is 0 Å². The number of hydrogen-bond acceptors (Lipinski definition) is 4. The fourth-order valence-electron chi connectivity index (χ4n) is 2.89. The van der Waals surface area contributed by atoms with E-state index >= 15 is 0 Å². The fraction of sp³-hybridized carbons (Fsp3) is 0.250. The van der Waals surface area contributed by atoms with Crippen molar-refractivity contribution in [3.8, 4) is 5.75 Å². The summed E-state index contributed by atoms with van der Waals surface area (Å²) in [5, 5.41) is 5.38. The average molecular weight is 367 g/mol. The predicted molar refractivity (Wildman–Crippen MR) is 103 cm³/mol. The first-order valence-electron chi connectivity index (χ1n) is 8.72. The molecule has 0 aromatic heterocycles. The van der Waals surface area contributed by atoms with Gasteiger partial charge in [-0.15, -0.1) is 0 Å². The van der Waals surface area contributed by atoms with Crippen molar-refractivity contribution in [2.45, 2.75) is 19.8 Å². The third kappa shape index (κ3) is 5.07. The molecule has 2 aromatic rings. The van der Waals surface area contributed by atoms with Gasteiger partial charge in [-0.1, -0.05) is 12.1 Å². The molecule has 0 spiro atoms. The highest BCUT2D eigenvalue weighted by molar-refractivity contribution is 5.96. The molecule has 140 valence electrons. The molecule has 7 heteroatoms. The molecule has 3 amide bonds. The fourth-order valence-corrected chi connectivity index (χ4v) is 2.89. The summed E-state index contributed by atoms with van der Waals surface area (Å²) in [4.78, 5) is 36.8. The zero-order chi connectivity index (χ0) is 19.2. The first-order chi connectivity index (χ1) is 13.0. The lowest BCUT2D eigenvalue weighted by Crippen LogP contribution is -2.24. The maximum atomic E-state index is 12.1. The van der Waals surface area contributed by atoms with Crippen LogP contribution in [0.1, 0.15) is 19.8 Å². The number of rotatable bonds is 6. The Bertz CT molecular complexity index is 866. The number of amides is 3. The van der Waals surface area contributed by atoms with Crippen molar-refractivity contribution in [3.05, 3.63) is 48.5 Å². The highest BCUT2D eigenvalue weighted by atomic mass is 16.5. The van der Waals surface area contributed by atoms with Gasteiger partial charge in [0.25, 0.3) is 5.91 Å². The third-order valence-corrected chi connectivity index (χ3v) is 4.04. The number of hydrogen-bond donors (Lipinski definition) is 2. The topological polar surface area (TPSA) is 87.7 Å². The molecule has 1 heterocycles. The maximum Gasteiger partial charge on any atom is 0.262 e. The van der Waals surface area contributed by atoms with Crippen molar-refractivity contribution in [1.29, 1.82) is 0 Å². The lowest BCUT2D eigenvalue weighted by Gasteiger charge is -2.16. The second kappa shape index (κ2) is 8.35. The van der Waals surface area contributed by atoms with Crippen LogP contribution >= 0.6 is 0 Å². The number of nitrogens with one attached hydrogen (secondary N) is 2. The largest absolute Gasteiger partial charge is 0.484 e. The molecule has 1 aliphatic heterocycles. The van der Waals surface area contributed by atoms with E-state index in [0.717, 1.165) is 12.1 Å². The van der Waals surface area contributed by atoms with Crippen molar-refractivity contribution in [2.24, 2.45) is 0 Å².